The highest BCUT2D eigenvalue weighted by Gasteiger charge is 2.40. The van der Waals surface area contributed by atoms with Gasteiger partial charge in [-0.3, -0.25) is 4.79 Å². The number of hydrogen-bond acceptors (Lipinski definition) is 1. The lowest BCUT2D eigenvalue weighted by Gasteiger charge is -2.20. The van der Waals surface area contributed by atoms with E-state index in [1.165, 1.54) is 44.2 Å². The fraction of sp³-hybridized carbons (Fsp3) is 0.300. The standard InChI is InChI=1S/C30H26ClF7O/c1-16-11-20(14-25(31)17(16)2)23(30(36,37)38)15-26(32)18-9-10-22(24(13-18)29(5,34)35)27(39)19-7-6-8-21(12-19)28(3,4)33/h6-15,23H,1-5H3/b26-15-. The third-order valence-electron chi connectivity index (χ3n) is 6.48. The zero-order chi connectivity index (χ0) is 29.5. The van der Waals surface area contributed by atoms with E-state index in [1.807, 2.05) is 0 Å². The van der Waals surface area contributed by atoms with E-state index in [-0.39, 0.29) is 21.7 Å². The second-order valence-corrected chi connectivity index (χ2v) is 10.4. The number of rotatable bonds is 7. The summed E-state index contributed by atoms with van der Waals surface area (Å²) in [5.74, 6) is -8.33. The SMILES string of the molecule is Cc1cc(C(/C=C(\F)c2ccc(C(=O)c3cccc(C(C)(C)F)c3)c(C(C)(F)F)c2)C(F)(F)F)cc(Cl)c1C. The Balaban J connectivity index is 2.11. The number of allylic oxidation sites excluding steroid dienone is 1. The van der Waals surface area contributed by atoms with Crippen molar-refractivity contribution in [1.29, 1.82) is 0 Å². The molecule has 0 spiro atoms. The number of aryl methyl sites for hydroxylation is 1. The molecular weight excluding hydrogens is 545 g/mol. The van der Waals surface area contributed by atoms with Gasteiger partial charge in [0.2, 0.25) is 0 Å². The fourth-order valence-electron chi connectivity index (χ4n) is 4.08. The molecule has 0 bridgehead atoms. The molecule has 3 rings (SSSR count). The molecule has 0 amide bonds. The number of ketones is 1. The molecule has 39 heavy (non-hydrogen) atoms. The van der Waals surface area contributed by atoms with Crippen LogP contribution in [-0.4, -0.2) is 12.0 Å². The number of alkyl halides is 6. The van der Waals surface area contributed by atoms with Gasteiger partial charge < -0.3 is 0 Å². The lowest BCUT2D eigenvalue weighted by Crippen LogP contribution is -2.19. The van der Waals surface area contributed by atoms with Crippen molar-refractivity contribution in [2.75, 3.05) is 0 Å². The van der Waals surface area contributed by atoms with Gasteiger partial charge in [0.25, 0.3) is 5.92 Å². The number of carbonyl (C=O) groups excluding carboxylic acids is 1. The zero-order valence-electron chi connectivity index (χ0n) is 21.8. The van der Waals surface area contributed by atoms with Gasteiger partial charge >= 0.3 is 6.18 Å². The lowest BCUT2D eigenvalue weighted by molar-refractivity contribution is -0.139. The highest BCUT2D eigenvalue weighted by Crippen LogP contribution is 2.41. The van der Waals surface area contributed by atoms with E-state index >= 15 is 4.39 Å². The van der Waals surface area contributed by atoms with Crippen LogP contribution >= 0.6 is 11.6 Å². The number of halogens is 8. The molecule has 3 aromatic rings. The highest BCUT2D eigenvalue weighted by molar-refractivity contribution is 6.31. The maximum atomic E-state index is 15.2. The Morgan fingerprint density at radius 2 is 1.51 bits per heavy atom. The average molecular weight is 571 g/mol. The average Bonchev–Trinajstić information content (AvgIpc) is 2.83. The molecule has 1 nitrogen and oxygen atoms in total. The predicted octanol–water partition coefficient (Wildman–Crippen LogP) is 10.2. The van der Waals surface area contributed by atoms with Crippen molar-refractivity contribution in [2.24, 2.45) is 0 Å². The first kappa shape index (κ1) is 30.4. The van der Waals surface area contributed by atoms with Crippen LogP contribution in [0.15, 0.2) is 60.7 Å². The zero-order valence-corrected chi connectivity index (χ0v) is 22.5. The van der Waals surface area contributed by atoms with Crippen LogP contribution in [0.2, 0.25) is 5.02 Å². The lowest BCUT2D eigenvalue weighted by atomic mass is 9.90. The summed E-state index contributed by atoms with van der Waals surface area (Å²) in [5.41, 5.74) is -2.93. The van der Waals surface area contributed by atoms with Gasteiger partial charge in [0.15, 0.2) is 5.78 Å². The van der Waals surface area contributed by atoms with Crippen molar-refractivity contribution in [1.82, 2.24) is 0 Å². The van der Waals surface area contributed by atoms with Crippen molar-refractivity contribution in [3.63, 3.8) is 0 Å². The van der Waals surface area contributed by atoms with Crippen molar-refractivity contribution < 1.29 is 35.5 Å². The van der Waals surface area contributed by atoms with Gasteiger partial charge in [0.1, 0.15) is 17.4 Å². The van der Waals surface area contributed by atoms with Crippen molar-refractivity contribution in [2.45, 2.75) is 58.3 Å². The summed E-state index contributed by atoms with van der Waals surface area (Å²) < 4.78 is 101. The molecule has 0 aliphatic rings. The summed E-state index contributed by atoms with van der Waals surface area (Å²) in [4.78, 5) is 13.1. The molecule has 0 saturated heterocycles. The molecule has 0 heterocycles. The maximum Gasteiger partial charge on any atom is 0.399 e. The van der Waals surface area contributed by atoms with E-state index in [9.17, 15) is 31.1 Å². The molecule has 0 N–H and O–H groups in total. The van der Waals surface area contributed by atoms with Crippen LogP contribution in [0.3, 0.4) is 0 Å². The summed E-state index contributed by atoms with van der Waals surface area (Å²) in [5, 5.41) is 0.0732. The van der Waals surface area contributed by atoms with Crippen molar-refractivity contribution >= 4 is 23.2 Å². The Morgan fingerprint density at radius 1 is 0.872 bits per heavy atom. The third kappa shape index (κ3) is 6.90. The van der Waals surface area contributed by atoms with E-state index in [4.69, 9.17) is 11.6 Å². The molecule has 0 fully saturated rings. The van der Waals surface area contributed by atoms with E-state index in [0.717, 1.165) is 18.2 Å². The normalized spacial score (nSPS) is 13.9. The Hall–Kier alpha value is -3.13. The van der Waals surface area contributed by atoms with Gasteiger partial charge in [-0.15, -0.1) is 0 Å². The van der Waals surface area contributed by atoms with E-state index in [1.54, 1.807) is 13.8 Å². The molecular formula is C30H26ClF7O. The Morgan fingerprint density at radius 3 is 2.05 bits per heavy atom. The first-order valence-corrected chi connectivity index (χ1v) is 12.3. The van der Waals surface area contributed by atoms with Crippen LogP contribution in [0.5, 0.6) is 0 Å². The Bertz CT molecular complexity index is 1400. The minimum Gasteiger partial charge on any atom is -0.289 e. The molecule has 0 aromatic heterocycles. The number of benzene rings is 3. The summed E-state index contributed by atoms with van der Waals surface area (Å²) in [7, 11) is 0. The Labute approximate surface area is 227 Å². The maximum absolute atomic E-state index is 15.2. The minimum atomic E-state index is -4.91. The highest BCUT2D eigenvalue weighted by atomic mass is 35.5. The van der Waals surface area contributed by atoms with E-state index in [2.05, 4.69) is 0 Å². The molecule has 9 heteroatoms. The molecule has 1 atom stereocenters. The van der Waals surface area contributed by atoms with Gasteiger partial charge in [-0.2, -0.15) is 13.2 Å². The van der Waals surface area contributed by atoms with Crippen LogP contribution in [-0.2, 0) is 11.6 Å². The molecule has 208 valence electrons. The van der Waals surface area contributed by atoms with Crippen LogP contribution in [0.4, 0.5) is 30.7 Å². The van der Waals surface area contributed by atoms with Gasteiger partial charge in [-0.05, 0) is 80.3 Å². The molecule has 0 saturated carbocycles. The summed E-state index contributed by atoms with van der Waals surface area (Å²) in [6.07, 6.45) is -4.62. The van der Waals surface area contributed by atoms with E-state index in [0.29, 0.717) is 30.2 Å². The van der Waals surface area contributed by atoms with Crippen LogP contribution in [0.25, 0.3) is 5.83 Å². The predicted molar refractivity (Wildman–Crippen MR) is 139 cm³/mol. The minimum absolute atomic E-state index is 0.0729. The number of hydrogen-bond donors (Lipinski definition) is 0. The monoisotopic (exact) mass is 570 g/mol. The first-order valence-electron chi connectivity index (χ1n) is 11.9. The summed E-state index contributed by atoms with van der Waals surface area (Å²) in [6, 6.07) is 10.3. The molecule has 0 radical (unpaired) electrons. The molecule has 1 unspecified atom stereocenters. The molecule has 0 aliphatic heterocycles. The second kappa shape index (κ2) is 10.8. The number of carbonyl (C=O) groups is 1. The fourth-order valence-corrected chi connectivity index (χ4v) is 4.36. The quantitative estimate of drug-likeness (QED) is 0.204. The largest absolute Gasteiger partial charge is 0.399 e. The Kier molecular flexibility index (Phi) is 8.42. The summed E-state index contributed by atoms with van der Waals surface area (Å²) in [6.45, 7) is 6.22. The topological polar surface area (TPSA) is 17.1 Å². The van der Waals surface area contributed by atoms with Crippen molar-refractivity contribution in [3.05, 3.63) is 110 Å². The van der Waals surface area contributed by atoms with Gasteiger partial charge in [-0.1, -0.05) is 41.9 Å². The van der Waals surface area contributed by atoms with Crippen LogP contribution in [0.1, 0.15) is 76.0 Å². The van der Waals surface area contributed by atoms with Crippen LogP contribution < -0.4 is 0 Å². The first-order chi connectivity index (χ1) is 17.8. The third-order valence-corrected chi connectivity index (χ3v) is 6.87. The second-order valence-electron chi connectivity index (χ2n) is 10.0. The van der Waals surface area contributed by atoms with Gasteiger partial charge in [-0.25, -0.2) is 17.6 Å². The van der Waals surface area contributed by atoms with Gasteiger partial charge in [0.05, 0.1) is 0 Å². The molecule has 0 aliphatic carbocycles. The van der Waals surface area contributed by atoms with Crippen molar-refractivity contribution in [3.8, 4) is 0 Å². The molecule has 3 aromatic carbocycles. The van der Waals surface area contributed by atoms with Crippen LogP contribution in [0, 0.1) is 13.8 Å². The summed E-state index contributed by atoms with van der Waals surface area (Å²) >= 11 is 6.05. The smallest absolute Gasteiger partial charge is 0.289 e. The van der Waals surface area contributed by atoms with Gasteiger partial charge in [0, 0.05) is 34.2 Å². The van der Waals surface area contributed by atoms with E-state index < -0.39 is 52.0 Å².